The molecule has 120 valence electrons. The van der Waals surface area contributed by atoms with Crippen LogP contribution in [0.2, 0.25) is 0 Å². The molecule has 6 nitrogen and oxygen atoms in total. The van der Waals surface area contributed by atoms with E-state index >= 15 is 0 Å². The van der Waals surface area contributed by atoms with E-state index in [4.69, 9.17) is 0 Å². The van der Waals surface area contributed by atoms with E-state index in [0.29, 0.717) is 17.7 Å². The quantitative estimate of drug-likeness (QED) is 0.848. The molecule has 1 aliphatic heterocycles. The summed E-state index contributed by atoms with van der Waals surface area (Å²) in [5.74, 6) is -0.623. The van der Waals surface area contributed by atoms with Crippen molar-refractivity contribution < 1.29 is 22.7 Å². The molecule has 1 N–H and O–H groups in total. The number of methoxy groups -OCH3 is 1. The molecule has 0 spiro atoms. The molecular weight excluding hydrogens is 306 g/mol. The fourth-order valence-electron chi connectivity index (χ4n) is 2.50. The van der Waals surface area contributed by atoms with Crippen LogP contribution >= 0.6 is 0 Å². The number of esters is 1. The minimum Gasteiger partial charge on any atom is -0.465 e. The van der Waals surface area contributed by atoms with Crippen LogP contribution in [0.1, 0.15) is 28.8 Å². The van der Waals surface area contributed by atoms with Crippen LogP contribution in [0.4, 0.5) is 5.69 Å². The van der Waals surface area contributed by atoms with Gasteiger partial charge in [-0.15, -0.1) is 0 Å². The molecule has 22 heavy (non-hydrogen) atoms. The molecule has 0 radical (unpaired) electrons. The van der Waals surface area contributed by atoms with Crippen molar-refractivity contribution in [3.05, 3.63) is 29.3 Å². The standard InChI is InChI=1S/C15H19NO5S/c1-10-3-4-12(15(18)21-2)8-13(10)16-14(17)7-11-5-6-22(19,20)9-11/h3-4,8,11H,5-7,9H2,1-2H3,(H,16,17)/t11-/m1/s1. The summed E-state index contributed by atoms with van der Waals surface area (Å²) in [4.78, 5) is 23.6. The zero-order chi connectivity index (χ0) is 16.3. The number of anilines is 1. The highest BCUT2D eigenvalue weighted by Crippen LogP contribution is 2.23. The number of nitrogens with one attached hydrogen (secondary N) is 1. The van der Waals surface area contributed by atoms with Crippen molar-refractivity contribution in [3.63, 3.8) is 0 Å². The van der Waals surface area contributed by atoms with Crippen LogP contribution in [0.25, 0.3) is 0 Å². The molecule has 0 saturated carbocycles. The first kappa shape index (κ1) is 16.5. The van der Waals surface area contributed by atoms with Gasteiger partial charge in [0.2, 0.25) is 5.91 Å². The first-order chi connectivity index (χ1) is 10.3. The summed E-state index contributed by atoms with van der Waals surface area (Å²) in [6.07, 6.45) is 0.693. The molecule has 7 heteroatoms. The second-order valence-electron chi connectivity index (χ2n) is 5.54. The van der Waals surface area contributed by atoms with Gasteiger partial charge in [0.15, 0.2) is 9.84 Å². The second kappa shape index (κ2) is 6.48. The lowest BCUT2D eigenvalue weighted by molar-refractivity contribution is -0.116. The van der Waals surface area contributed by atoms with Crippen LogP contribution in [0.5, 0.6) is 0 Å². The Kier molecular flexibility index (Phi) is 4.85. The maximum absolute atomic E-state index is 12.1. The maximum atomic E-state index is 12.1. The third-order valence-electron chi connectivity index (χ3n) is 3.73. The van der Waals surface area contributed by atoms with Gasteiger partial charge in [-0.2, -0.15) is 0 Å². The average molecular weight is 325 g/mol. The minimum absolute atomic E-state index is 0.0710. The fraction of sp³-hybridized carbons (Fsp3) is 0.467. The Morgan fingerprint density at radius 1 is 1.36 bits per heavy atom. The molecule has 1 amide bonds. The Hall–Kier alpha value is -1.89. The molecule has 1 aromatic carbocycles. The molecule has 1 aromatic rings. The molecule has 1 atom stereocenters. The number of ether oxygens (including phenoxy) is 1. The third kappa shape index (κ3) is 4.07. The summed E-state index contributed by atoms with van der Waals surface area (Å²) in [5.41, 5.74) is 1.71. The van der Waals surface area contributed by atoms with Crippen molar-refractivity contribution in [1.29, 1.82) is 0 Å². The number of carbonyl (C=O) groups is 2. The Morgan fingerprint density at radius 3 is 2.68 bits per heavy atom. The van der Waals surface area contributed by atoms with Crippen molar-refractivity contribution in [2.24, 2.45) is 5.92 Å². The largest absolute Gasteiger partial charge is 0.465 e. The van der Waals surface area contributed by atoms with Crippen LogP contribution in [0.15, 0.2) is 18.2 Å². The number of sulfone groups is 1. The van der Waals surface area contributed by atoms with Gasteiger partial charge < -0.3 is 10.1 Å². The maximum Gasteiger partial charge on any atom is 0.337 e. The van der Waals surface area contributed by atoms with Crippen molar-refractivity contribution in [2.45, 2.75) is 19.8 Å². The number of rotatable bonds is 4. The average Bonchev–Trinajstić information content (AvgIpc) is 2.79. The molecule has 1 heterocycles. The first-order valence-corrected chi connectivity index (χ1v) is 8.82. The monoisotopic (exact) mass is 325 g/mol. The Labute approximate surface area is 129 Å². The number of amides is 1. The van der Waals surface area contributed by atoms with Gasteiger partial charge in [-0.05, 0) is 37.0 Å². The second-order valence-corrected chi connectivity index (χ2v) is 7.77. The number of hydrogen-bond donors (Lipinski definition) is 1. The van der Waals surface area contributed by atoms with Crippen molar-refractivity contribution in [2.75, 3.05) is 23.9 Å². The summed E-state index contributed by atoms with van der Waals surface area (Å²) in [7, 11) is -1.69. The number of benzene rings is 1. The molecule has 0 aliphatic carbocycles. The van der Waals surface area contributed by atoms with Gasteiger partial charge >= 0.3 is 5.97 Å². The fourth-order valence-corrected chi connectivity index (χ4v) is 4.36. The zero-order valence-electron chi connectivity index (χ0n) is 12.6. The summed E-state index contributed by atoms with van der Waals surface area (Å²) in [5, 5.41) is 2.74. The highest BCUT2D eigenvalue weighted by molar-refractivity contribution is 7.91. The molecule has 1 fully saturated rings. The summed E-state index contributed by atoms with van der Waals surface area (Å²) >= 11 is 0. The highest BCUT2D eigenvalue weighted by atomic mass is 32.2. The van der Waals surface area contributed by atoms with E-state index in [1.807, 2.05) is 6.92 Å². The summed E-state index contributed by atoms with van der Waals surface area (Å²) in [6, 6.07) is 4.91. The number of carbonyl (C=O) groups excluding carboxylic acids is 2. The molecular formula is C15H19NO5S. The molecule has 1 aliphatic rings. The molecule has 0 bridgehead atoms. The van der Waals surface area contributed by atoms with E-state index in [1.165, 1.54) is 7.11 Å². The molecule has 0 unspecified atom stereocenters. The van der Waals surface area contributed by atoms with Gasteiger partial charge in [-0.3, -0.25) is 4.79 Å². The van der Waals surface area contributed by atoms with Gasteiger partial charge in [-0.25, -0.2) is 13.2 Å². The van der Waals surface area contributed by atoms with E-state index < -0.39 is 15.8 Å². The van der Waals surface area contributed by atoms with E-state index in [1.54, 1.807) is 18.2 Å². The van der Waals surface area contributed by atoms with Crippen LogP contribution < -0.4 is 5.32 Å². The Balaban J connectivity index is 2.04. The van der Waals surface area contributed by atoms with Crippen LogP contribution in [0.3, 0.4) is 0 Å². The van der Waals surface area contributed by atoms with E-state index in [0.717, 1.165) is 5.56 Å². The number of hydrogen-bond acceptors (Lipinski definition) is 5. The smallest absolute Gasteiger partial charge is 0.337 e. The van der Waals surface area contributed by atoms with E-state index in [-0.39, 0.29) is 29.8 Å². The van der Waals surface area contributed by atoms with E-state index in [9.17, 15) is 18.0 Å². The topological polar surface area (TPSA) is 89.5 Å². The lowest BCUT2D eigenvalue weighted by atomic mass is 10.0. The lowest BCUT2D eigenvalue weighted by Gasteiger charge is -2.12. The number of aryl methyl sites for hydroxylation is 1. The third-order valence-corrected chi connectivity index (χ3v) is 5.57. The Morgan fingerprint density at radius 2 is 2.09 bits per heavy atom. The first-order valence-electron chi connectivity index (χ1n) is 7.00. The van der Waals surface area contributed by atoms with Gasteiger partial charge in [0.05, 0.1) is 24.2 Å². The van der Waals surface area contributed by atoms with Crippen molar-refractivity contribution in [1.82, 2.24) is 0 Å². The summed E-state index contributed by atoms with van der Waals surface area (Å²) < 4.78 is 27.5. The van der Waals surface area contributed by atoms with Gasteiger partial charge in [-0.1, -0.05) is 6.07 Å². The SMILES string of the molecule is COC(=O)c1ccc(C)c(NC(=O)C[C@H]2CCS(=O)(=O)C2)c1. The van der Waals surface area contributed by atoms with Crippen LogP contribution in [-0.4, -0.2) is 38.9 Å². The summed E-state index contributed by atoms with van der Waals surface area (Å²) in [6.45, 7) is 1.82. The predicted octanol–water partition coefficient (Wildman–Crippen LogP) is 1.54. The Bertz CT molecular complexity index is 696. The predicted molar refractivity (Wildman–Crippen MR) is 82.5 cm³/mol. The minimum atomic E-state index is -2.98. The molecule has 2 rings (SSSR count). The lowest BCUT2D eigenvalue weighted by Crippen LogP contribution is -2.18. The van der Waals surface area contributed by atoms with Crippen molar-refractivity contribution in [3.8, 4) is 0 Å². The molecule has 0 aromatic heterocycles. The normalized spacial score (nSPS) is 19.6. The van der Waals surface area contributed by atoms with E-state index in [2.05, 4.69) is 10.1 Å². The van der Waals surface area contributed by atoms with Crippen LogP contribution in [0, 0.1) is 12.8 Å². The highest BCUT2D eigenvalue weighted by Gasteiger charge is 2.29. The van der Waals surface area contributed by atoms with Crippen molar-refractivity contribution >= 4 is 27.4 Å². The van der Waals surface area contributed by atoms with Gasteiger partial charge in [0.1, 0.15) is 0 Å². The molecule has 1 saturated heterocycles. The van der Waals surface area contributed by atoms with Gasteiger partial charge in [0, 0.05) is 12.1 Å². The van der Waals surface area contributed by atoms with Crippen LogP contribution in [-0.2, 0) is 19.4 Å². The zero-order valence-corrected chi connectivity index (χ0v) is 13.4. The van der Waals surface area contributed by atoms with Gasteiger partial charge in [0.25, 0.3) is 0 Å².